The van der Waals surface area contributed by atoms with Crippen molar-refractivity contribution < 1.29 is 18.3 Å². The lowest BCUT2D eigenvalue weighted by Crippen LogP contribution is -2.43. The van der Waals surface area contributed by atoms with Gasteiger partial charge in [0.2, 0.25) is 0 Å². The Labute approximate surface area is 118 Å². The molecule has 0 bridgehead atoms. The normalized spacial score (nSPS) is 26.6. The van der Waals surface area contributed by atoms with Crippen LogP contribution in [0.1, 0.15) is 13.3 Å². The van der Waals surface area contributed by atoms with Crippen molar-refractivity contribution >= 4 is 21.2 Å². The largest absolute Gasteiger partial charge is 0.397 e. The molecule has 20 heavy (non-hydrogen) atoms. The number of hydrogen-bond acceptors (Lipinski definition) is 6. The van der Waals surface area contributed by atoms with E-state index in [2.05, 4.69) is 5.32 Å². The lowest BCUT2D eigenvalue weighted by atomic mass is 9.96. The van der Waals surface area contributed by atoms with Crippen LogP contribution >= 0.6 is 0 Å². The molecule has 2 rings (SSSR count). The van der Waals surface area contributed by atoms with E-state index in [1.54, 1.807) is 6.07 Å². The van der Waals surface area contributed by atoms with Crippen LogP contribution in [-0.2, 0) is 14.6 Å². The second-order valence-electron chi connectivity index (χ2n) is 5.24. The quantitative estimate of drug-likeness (QED) is 0.705. The molecule has 0 aliphatic carbocycles. The summed E-state index contributed by atoms with van der Waals surface area (Å²) >= 11 is 0. The van der Waals surface area contributed by atoms with Gasteiger partial charge in [-0.05, 0) is 25.1 Å². The number of ether oxygens (including phenoxy) is 1. The van der Waals surface area contributed by atoms with Gasteiger partial charge in [0.25, 0.3) is 0 Å². The van der Waals surface area contributed by atoms with Crippen molar-refractivity contribution in [3.63, 3.8) is 0 Å². The van der Waals surface area contributed by atoms with Crippen molar-refractivity contribution in [3.8, 4) is 0 Å². The van der Waals surface area contributed by atoms with Crippen molar-refractivity contribution in [2.45, 2.75) is 29.9 Å². The molecule has 1 saturated heterocycles. The van der Waals surface area contributed by atoms with Crippen molar-refractivity contribution in [2.24, 2.45) is 0 Å². The summed E-state index contributed by atoms with van der Waals surface area (Å²) in [5.41, 5.74) is 5.85. The minimum Gasteiger partial charge on any atom is -0.397 e. The molecule has 6 nitrogen and oxygen atoms in total. The molecule has 1 aliphatic heterocycles. The number of hydrogen-bond donors (Lipinski definition) is 3. The van der Waals surface area contributed by atoms with Crippen LogP contribution in [0.25, 0.3) is 0 Å². The van der Waals surface area contributed by atoms with Gasteiger partial charge < -0.3 is 20.9 Å². The van der Waals surface area contributed by atoms with Gasteiger partial charge in [0.05, 0.1) is 22.4 Å². The highest BCUT2D eigenvalue weighted by molar-refractivity contribution is 7.90. The molecule has 2 atom stereocenters. The van der Waals surface area contributed by atoms with E-state index >= 15 is 0 Å². The SMILES string of the molecule is CC1OCCC1(O)CNc1ccc(S(C)(=O)=O)cc1N. The lowest BCUT2D eigenvalue weighted by molar-refractivity contribution is -0.0175. The third-order valence-electron chi connectivity index (χ3n) is 3.70. The predicted molar refractivity (Wildman–Crippen MR) is 77.4 cm³/mol. The van der Waals surface area contributed by atoms with Crippen molar-refractivity contribution in [2.75, 3.05) is 30.5 Å². The molecule has 1 aromatic carbocycles. The first-order valence-corrected chi connectivity index (χ1v) is 8.29. The van der Waals surface area contributed by atoms with E-state index in [1.807, 2.05) is 6.92 Å². The van der Waals surface area contributed by atoms with E-state index < -0.39 is 15.4 Å². The average Bonchev–Trinajstić information content (AvgIpc) is 2.67. The van der Waals surface area contributed by atoms with Gasteiger partial charge in [0.15, 0.2) is 9.84 Å². The van der Waals surface area contributed by atoms with Gasteiger partial charge in [-0.2, -0.15) is 0 Å². The van der Waals surface area contributed by atoms with Gasteiger partial charge in [-0.3, -0.25) is 0 Å². The van der Waals surface area contributed by atoms with Gasteiger partial charge in [0.1, 0.15) is 5.60 Å². The van der Waals surface area contributed by atoms with E-state index in [-0.39, 0.29) is 11.0 Å². The number of benzene rings is 1. The highest BCUT2D eigenvalue weighted by Crippen LogP contribution is 2.28. The van der Waals surface area contributed by atoms with E-state index in [4.69, 9.17) is 10.5 Å². The van der Waals surface area contributed by atoms with Crippen LogP contribution < -0.4 is 11.1 Å². The highest BCUT2D eigenvalue weighted by Gasteiger charge is 2.39. The third-order valence-corrected chi connectivity index (χ3v) is 4.81. The second kappa shape index (κ2) is 5.23. The molecular formula is C13H20N2O4S. The maximum absolute atomic E-state index is 11.4. The fraction of sp³-hybridized carbons (Fsp3) is 0.538. The van der Waals surface area contributed by atoms with Gasteiger partial charge in [-0.15, -0.1) is 0 Å². The molecule has 0 saturated carbocycles. The molecule has 1 fully saturated rings. The van der Waals surface area contributed by atoms with Crippen LogP contribution in [0.2, 0.25) is 0 Å². The topological polar surface area (TPSA) is 102 Å². The number of aliphatic hydroxyl groups is 1. The zero-order chi connectivity index (χ0) is 15.0. The monoisotopic (exact) mass is 300 g/mol. The summed E-state index contributed by atoms with van der Waals surface area (Å²) < 4.78 is 28.2. The number of anilines is 2. The number of nitrogens with two attached hydrogens (primary N) is 1. The molecular weight excluding hydrogens is 280 g/mol. The fourth-order valence-corrected chi connectivity index (χ4v) is 2.84. The molecule has 1 aromatic rings. The Morgan fingerprint density at radius 3 is 2.75 bits per heavy atom. The zero-order valence-electron chi connectivity index (χ0n) is 11.6. The molecule has 4 N–H and O–H groups in total. The number of nitrogens with one attached hydrogen (secondary N) is 1. The minimum absolute atomic E-state index is 0.178. The van der Waals surface area contributed by atoms with E-state index in [0.717, 1.165) is 6.26 Å². The van der Waals surface area contributed by atoms with Crippen molar-refractivity contribution in [3.05, 3.63) is 18.2 Å². The van der Waals surface area contributed by atoms with E-state index in [9.17, 15) is 13.5 Å². The minimum atomic E-state index is -3.27. The molecule has 112 valence electrons. The first-order chi connectivity index (χ1) is 9.22. The Morgan fingerprint density at radius 1 is 1.55 bits per heavy atom. The molecule has 0 radical (unpaired) electrons. The van der Waals surface area contributed by atoms with Gasteiger partial charge in [0, 0.05) is 25.8 Å². The fourth-order valence-electron chi connectivity index (χ4n) is 2.18. The van der Waals surface area contributed by atoms with E-state index in [1.165, 1.54) is 12.1 Å². The highest BCUT2D eigenvalue weighted by atomic mass is 32.2. The molecule has 2 unspecified atom stereocenters. The predicted octanol–water partition coefficient (Wildman–Crippen LogP) is 0.624. The summed E-state index contributed by atoms with van der Waals surface area (Å²) in [4.78, 5) is 0.178. The third kappa shape index (κ3) is 3.05. The number of rotatable bonds is 4. The Morgan fingerprint density at radius 2 is 2.25 bits per heavy atom. The maximum atomic E-state index is 11.4. The number of nitrogen functional groups attached to an aromatic ring is 1. The van der Waals surface area contributed by atoms with Crippen molar-refractivity contribution in [1.82, 2.24) is 0 Å². The molecule has 0 amide bonds. The van der Waals surface area contributed by atoms with Crippen LogP contribution in [0.15, 0.2) is 23.1 Å². The van der Waals surface area contributed by atoms with Crippen molar-refractivity contribution in [1.29, 1.82) is 0 Å². The van der Waals surface area contributed by atoms with Gasteiger partial charge in [-0.1, -0.05) is 0 Å². The standard InChI is InChI=1S/C13H20N2O4S/c1-9-13(16,5-6-19-9)8-15-12-4-3-10(7-11(12)14)20(2,17)18/h3-4,7,9,15-16H,5-6,8,14H2,1-2H3. The van der Waals surface area contributed by atoms with Crippen LogP contribution in [0.4, 0.5) is 11.4 Å². The average molecular weight is 300 g/mol. The van der Waals surface area contributed by atoms with Gasteiger partial charge >= 0.3 is 0 Å². The summed E-state index contributed by atoms with van der Waals surface area (Å²) in [5, 5.41) is 13.4. The van der Waals surface area contributed by atoms with Crippen LogP contribution in [0.5, 0.6) is 0 Å². The first kappa shape index (κ1) is 15.1. The molecule has 1 heterocycles. The van der Waals surface area contributed by atoms with Crippen LogP contribution in [-0.4, -0.2) is 44.6 Å². The maximum Gasteiger partial charge on any atom is 0.175 e. The molecule has 0 aromatic heterocycles. The summed E-state index contributed by atoms with van der Waals surface area (Å²) in [6, 6.07) is 4.51. The summed E-state index contributed by atoms with van der Waals surface area (Å²) in [5.74, 6) is 0. The van der Waals surface area contributed by atoms with E-state index in [0.29, 0.717) is 30.9 Å². The van der Waals surface area contributed by atoms with Crippen LogP contribution in [0.3, 0.4) is 0 Å². The van der Waals surface area contributed by atoms with Crippen LogP contribution in [0, 0.1) is 0 Å². The first-order valence-electron chi connectivity index (χ1n) is 6.40. The molecule has 1 aliphatic rings. The number of sulfone groups is 1. The molecule has 0 spiro atoms. The summed E-state index contributed by atoms with van der Waals surface area (Å²) in [6.07, 6.45) is 1.45. The lowest BCUT2D eigenvalue weighted by Gasteiger charge is -2.27. The van der Waals surface area contributed by atoms with Gasteiger partial charge in [-0.25, -0.2) is 8.42 Å². The Kier molecular flexibility index (Phi) is 3.95. The Bertz CT molecular complexity index is 602. The second-order valence-corrected chi connectivity index (χ2v) is 7.26. The Hall–Kier alpha value is -1.31. The summed E-state index contributed by atoms with van der Waals surface area (Å²) in [6.45, 7) is 2.66. The zero-order valence-corrected chi connectivity index (χ0v) is 12.4. The smallest absolute Gasteiger partial charge is 0.175 e. The summed E-state index contributed by atoms with van der Waals surface area (Å²) in [7, 11) is -3.27. The molecule has 7 heteroatoms. The Balaban J connectivity index is 2.11.